The Morgan fingerprint density at radius 3 is 2.54 bits per heavy atom. The normalized spacial score (nSPS) is 21.0. The molecule has 1 aromatic heterocycles. The van der Waals surface area contributed by atoms with Crippen molar-refractivity contribution in [1.82, 2.24) is 25.3 Å². The second kappa shape index (κ2) is 8.55. The number of carbonyl (C=O) groups excluding carboxylic acids is 1. The molecule has 0 radical (unpaired) electrons. The maximum Gasteiger partial charge on any atom is 0.240 e. The monoisotopic (exact) mass is 336 g/mol. The van der Waals surface area contributed by atoms with Crippen LogP contribution >= 0.6 is 0 Å². The van der Waals surface area contributed by atoms with Gasteiger partial charge < -0.3 is 15.6 Å². The van der Waals surface area contributed by atoms with Crippen molar-refractivity contribution in [1.29, 1.82) is 0 Å². The molecule has 8 heteroatoms. The van der Waals surface area contributed by atoms with Gasteiger partial charge >= 0.3 is 0 Å². The molecule has 3 N–H and O–H groups in total. The minimum atomic E-state index is 0.168. The number of amides is 1. The van der Waals surface area contributed by atoms with Crippen LogP contribution < -0.4 is 11.1 Å². The maximum absolute atomic E-state index is 12.2. The lowest BCUT2D eigenvalue weighted by Gasteiger charge is -2.34. The van der Waals surface area contributed by atoms with Gasteiger partial charge in [0.2, 0.25) is 11.8 Å². The van der Waals surface area contributed by atoms with Gasteiger partial charge in [-0.15, -0.1) is 0 Å². The molecule has 2 aliphatic rings. The van der Waals surface area contributed by atoms with Crippen molar-refractivity contribution in [3.8, 4) is 0 Å². The largest absolute Gasteiger partial charge is 0.352 e. The van der Waals surface area contributed by atoms with Crippen LogP contribution in [-0.4, -0.2) is 64.6 Å². The van der Waals surface area contributed by atoms with Gasteiger partial charge in [-0.25, -0.2) is 0 Å². The van der Waals surface area contributed by atoms with Crippen molar-refractivity contribution >= 4 is 5.91 Å². The zero-order valence-corrected chi connectivity index (χ0v) is 14.2. The number of nitrogens with two attached hydrogens (primary N) is 1. The summed E-state index contributed by atoms with van der Waals surface area (Å²) in [6.45, 7) is 5.04. The number of nitrogens with one attached hydrogen (secondary N) is 1. The molecule has 0 spiro atoms. The zero-order valence-electron chi connectivity index (χ0n) is 14.2. The van der Waals surface area contributed by atoms with Gasteiger partial charge in [0.1, 0.15) is 0 Å². The van der Waals surface area contributed by atoms with Crippen molar-refractivity contribution < 1.29 is 9.32 Å². The van der Waals surface area contributed by atoms with Gasteiger partial charge in [0.15, 0.2) is 5.82 Å². The number of nitrogens with zero attached hydrogens (tertiary/aromatic N) is 4. The minimum absolute atomic E-state index is 0.168. The van der Waals surface area contributed by atoms with Crippen molar-refractivity contribution in [2.24, 2.45) is 5.73 Å². The van der Waals surface area contributed by atoms with Gasteiger partial charge in [-0.3, -0.25) is 14.6 Å². The van der Waals surface area contributed by atoms with Crippen molar-refractivity contribution in [2.75, 3.05) is 32.7 Å². The molecule has 0 bridgehead atoms. The fourth-order valence-corrected chi connectivity index (χ4v) is 3.47. The molecular formula is C16H28N6O2. The number of hydrogen-bond acceptors (Lipinski definition) is 7. The first-order valence-corrected chi connectivity index (χ1v) is 8.98. The Hall–Kier alpha value is -1.51. The molecule has 2 heterocycles. The summed E-state index contributed by atoms with van der Waals surface area (Å²) >= 11 is 0. The number of carbonyl (C=O) groups is 1. The van der Waals surface area contributed by atoms with Crippen LogP contribution in [0.2, 0.25) is 0 Å². The average molecular weight is 336 g/mol. The molecule has 1 saturated heterocycles. The van der Waals surface area contributed by atoms with E-state index >= 15 is 0 Å². The topological polar surface area (TPSA) is 101 Å². The SMILES string of the molecule is NCc1nc(CN2CCN(CC(=O)NC3CCCCC3)CC2)no1. The molecule has 8 nitrogen and oxygen atoms in total. The Labute approximate surface area is 142 Å². The van der Waals surface area contributed by atoms with E-state index in [1.165, 1.54) is 19.3 Å². The Morgan fingerprint density at radius 2 is 1.88 bits per heavy atom. The van der Waals surface area contributed by atoms with Crippen LogP contribution in [0.25, 0.3) is 0 Å². The number of aromatic nitrogens is 2. The van der Waals surface area contributed by atoms with Gasteiger partial charge in [-0.05, 0) is 12.8 Å². The Bertz CT molecular complexity index is 520. The fourth-order valence-electron chi connectivity index (χ4n) is 3.47. The van der Waals surface area contributed by atoms with E-state index in [-0.39, 0.29) is 12.5 Å². The van der Waals surface area contributed by atoms with Crippen LogP contribution in [0.15, 0.2) is 4.52 Å². The average Bonchev–Trinajstić information content (AvgIpc) is 3.05. The van der Waals surface area contributed by atoms with Crippen LogP contribution in [0.1, 0.15) is 43.8 Å². The van der Waals surface area contributed by atoms with Crippen LogP contribution in [0.5, 0.6) is 0 Å². The number of rotatable bonds is 6. The number of piperazine rings is 1. The molecule has 1 aliphatic carbocycles. The highest BCUT2D eigenvalue weighted by Gasteiger charge is 2.22. The summed E-state index contributed by atoms with van der Waals surface area (Å²) in [7, 11) is 0. The zero-order chi connectivity index (χ0) is 16.8. The molecule has 2 fully saturated rings. The molecule has 1 aliphatic heterocycles. The summed E-state index contributed by atoms with van der Waals surface area (Å²) in [6.07, 6.45) is 6.06. The van der Waals surface area contributed by atoms with E-state index in [2.05, 4.69) is 25.3 Å². The molecule has 134 valence electrons. The molecule has 3 rings (SSSR count). The number of hydrogen-bond donors (Lipinski definition) is 2. The van der Waals surface area contributed by atoms with Crippen molar-refractivity contribution in [3.63, 3.8) is 0 Å². The first-order valence-electron chi connectivity index (χ1n) is 8.98. The van der Waals surface area contributed by atoms with E-state index in [9.17, 15) is 4.79 Å². The first-order chi connectivity index (χ1) is 11.7. The lowest BCUT2D eigenvalue weighted by atomic mass is 9.95. The molecule has 0 unspecified atom stereocenters. The summed E-state index contributed by atoms with van der Waals surface area (Å²) < 4.78 is 5.03. The van der Waals surface area contributed by atoms with E-state index in [1.54, 1.807) is 0 Å². The third-order valence-corrected chi connectivity index (χ3v) is 4.85. The van der Waals surface area contributed by atoms with E-state index in [4.69, 9.17) is 10.3 Å². The van der Waals surface area contributed by atoms with Crippen LogP contribution in [0.3, 0.4) is 0 Å². The highest BCUT2D eigenvalue weighted by atomic mass is 16.5. The molecule has 0 aromatic carbocycles. The van der Waals surface area contributed by atoms with Gasteiger partial charge in [0.05, 0.1) is 19.6 Å². The molecule has 24 heavy (non-hydrogen) atoms. The highest BCUT2D eigenvalue weighted by Crippen LogP contribution is 2.17. The fraction of sp³-hybridized carbons (Fsp3) is 0.812. The van der Waals surface area contributed by atoms with E-state index in [1.807, 2.05) is 0 Å². The van der Waals surface area contributed by atoms with Crippen molar-refractivity contribution in [3.05, 3.63) is 11.7 Å². The lowest BCUT2D eigenvalue weighted by Crippen LogP contribution is -2.50. The second-order valence-corrected chi connectivity index (χ2v) is 6.76. The third kappa shape index (κ3) is 4.99. The predicted molar refractivity (Wildman–Crippen MR) is 88.9 cm³/mol. The molecular weight excluding hydrogens is 308 g/mol. The van der Waals surface area contributed by atoms with Gasteiger partial charge in [-0.1, -0.05) is 24.4 Å². The Morgan fingerprint density at radius 1 is 1.17 bits per heavy atom. The van der Waals surface area contributed by atoms with Crippen molar-refractivity contribution in [2.45, 2.75) is 51.2 Å². The summed E-state index contributed by atoms with van der Waals surface area (Å²) in [5, 5.41) is 7.12. The Kier molecular flexibility index (Phi) is 6.17. The standard InChI is InChI=1S/C16H28N6O2/c17-10-16-19-14(20-24-16)11-21-6-8-22(9-7-21)12-15(23)18-13-4-2-1-3-5-13/h13H,1-12,17H2,(H,18,23). The van der Waals surface area contributed by atoms with Crippen LogP contribution in [-0.2, 0) is 17.9 Å². The Balaban J connectivity index is 1.36. The van der Waals surface area contributed by atoms with Crippen LogP contribution in [0.4, 0.5) is 0 Å². The highest BCUT2D eigenvalue weighted by molar-refractivity contribution is 5.78. The van der Waals surface area contributed by atoms with Gasteiger partial charge in [-0.2, -0.15) is 4.98 Å². The summed E-state index contributed by atoms with van der Waals surface area (Å²) in [4.78, 5) is 20.9. The van der Waals surface area contributed by atoms with Crippen LogP contribution in [0, 0.1) is 0 Å². The minimum Gasteiger partial charge on any atom is -0.352 e. The smallest absolute Gasteiger partial charge is 0.240 e. The van der Waals surface area contributed by atoms with E-state index in [0.717, 1.165) is 39.0 Å². The molecule has 1 saturated carbocycles. The quantitative estimate of drug-likeness (QED) is 0.759. The molecule has 0 atom stereocenters. The van der Waals surface area contributed by atoms with Gasteiger partial charge in [0, 0.05) is 32.2 Å². The molecule has 1 aromatic rings. The maximum atomic E-state index is 12.2. The third-order valence-electron chi connectivity index (χ3n) is 4.85. The summed E-state index contributed by atoms with van der Waals surface area (Å²) in [5.41, 5.74) is 5.47. The van der Waals surface area contributed by atoms with E-state index in [0.29, 0.717) is 30.8 Å². The predicted octanol–water partition coefficient (Wildman–Crippen LogP) is 0.0948. The lowest BCUT2D eigenvalue weighted by molar-refractivity contribution is -0.123. The molecule has 1 amide bonds. The van der Waals surface area contributed by atoms with E-state index < -0.39 is 0 Å². The second-order valence-electron chi connectivity index (χ2n) is 6.76. The first kappa shape index (κ1) is 17.3. The summed E-state index contributed by atoms with van der Waals surface area (Å²) in [5.74, 6) is 1.32. The van der Waals surface area contributed by atoms with Gasteiger partial charge in [0.25, 0.3) is 0 Å². The summed E-state index contributed by atoms with van der Waals surface area (Å²) in [6, 6.07) is 0.391.